The molecule has 5 heteroatoms. The zero-order valence-electron chi connectivity index (χ0n) is 11.0. The fourth-order valence-corrected chi connectivity index (χ4v) is 5.03. The van der Waals surface area contributed by atoms with Gasteiger partial charge in [-0.1, -0.05) is 0 Å². The third kappa shape index (κ3) is 3.06. The van der Waals surface area contributed by atoms with Gasteiger partial charge in [0.15, 0.2) is 9.84 Å². The molecule has 0 aromatic carbocycles. The van der Waals surface area contributed by atoms with Crippen molar-refractivity contribution in [2.75, 3.05) is 31.1 Å². The third-order valence-corrected chi connectivity index (χ3v) is 6.47. The first-order valence-electron chi connectivity index (χ1n) is 7.29. The summed E-state index contributed by atoms with van der Waals surface area (Å²) < 4.78 is 22.7. The second-order valence-electron chi connectivity index (χ2n) is 6.26. The van der Waals surface area contributed by atoms with Gasteiger partial charge in [0.05, 0.1) is 11.5 Å². The summed E-state index contributed by atoms with van der Waals surface area (Å²) in [4.78, 5) is 2.34. The molecule has 3 aliphatic heterocycles. The van der Waals surface area contributed by atoms with E-state index in [0.717, 1.165) is 37.6 Å². The maximum atomic E-state index is 11.4. The summed E-state index contributed by atoms with van der Waals surface area (Å²) in [7, 11) is -2.72. The fourth-order valence-electron chi connectivity index (χ4n) is 3.75. The molecule has 0 aromatic heterocycles. The van der Waals surface area contributed by atoms with Crippen LogP contribution in [0.5, 0.6) is 0 Å². The second kappa shape index (κ2) is 5.10. The van der Waals surface area contributed by atoms with Crippen LogP contribution >= 0.6 is 0 Å². The van der Waals surface area contributed by atoms with Crippen molar-refractivity contribution in [1.82, 2.24) is 10.2 Å². The lowest BCUT2D eigenvalue weighted by Crippen LogP contribution is -2.42. The molecule has 2 bridgehead atoms. The lowest BCUT2D eigenvalue weighted by atomic mass is 9.89. The van der Waals surface area contributed by atoms with Crippen LogP contribution in [0.1, 0.15) is 32.1 Å². The first-order chi connectivity index (χ1) is 8.61. The van der Waals surface area contributed by atoms with E-state index in [1.54, 1.807) is 0 Å². The number of rotatable bonds is 3. The van der Waals surface area contributed by atoms with E-state index in [-0.39, 0.29) is 0 Å². The molecule has 0 aliphatic carbocycles. The largest absolute Gasteiger partial charge is 0.311 e. The summed E-state index contributed by atoms with van der Waals surface area (Å²) in [6.45, 7) is 2.60. The summed E-state index contributed by atoms with van der Waals surface area (Å²) >= 11 is 0. The Morgan fingerprint density at radius 3 is 2.28 bits per heavy atom. The van der Waals surface area contributed by atoms with Crippen molar-refractivity contribution in [2.45, 2.75) is 44.2 Å². The lowest BCUT2D eigenvalue weighted by Gasteiger charge is -2.32. The summed E-state index contributed by atoms with van der Waals surface area (Å²) in [5.41, 5.74) is 0. The van der Waals surface area contributed by atoms with Crippen molar-refractivity contribution < 1.29 is 8.42 Å². The normalized spacial score (nSPS) is 39.9. The molecule has 104 valence electrons. The molecule has 0 radical (unpaired) electrons. The van der Waals surface area contributed by atoms with Crippen LogP contribution in [0.15, 0.2) is 0 Å². The van der Waals surface area contributed by atoms with Crippen LogP contribution in [0.3, 0.4) is 0 Å². The Morgan fingerprint density at radius 2 is 1.67 bits per heavy atom. The molecule has 3 aliphatic rings. The number of piperidine rings is 1. The maximum absolute atomic E-state index is 11.4. The minimum Gasteiger partial charge on any atom is -0.311 e. The molecular weight excluding hydrogens is 248 g/mol. The van der Waals surface area contributed by atoms with Crippen molar-refractivity contribution in [3.63, 3.8) is 0 Å². The minimum atomic E-state index is -2.72. The number of fused-ring (bicyclic) bond motifs is 2. The highest BCUT2D eigenvalue weighted by atomic mass is 32.2. The van der Waals surface area contributed by atoms with Gasteiger partial charge < -0.3 is 10.2 Å². The van der Waals surface area contributed by atoms with Gasteiger partial charge in [0, 0.05) is 25.2 Å². The Hall–Kier alpha value is -0.130. The molecule has 3 heterocycles. The number of hydrogen-bond donors (Lipinski definition) is 1. The number of nitrogens with zero attached hydrogens (tertiary/aromatic N) is 1. The highest BCUT2D eigenvalue weighted by Gasteiger charge is 2.33. The predicted molar refractivity (Wildman–Crippen MR) is 72.4 cm³/mol. The highest BCUT2D eigenvalue weighted by Crippen LogP contribution is 2.32. The molecule has 0 saturated carbocycles. The Balaban J connectivity index is 1.42. The van der Waals surface area contributed by atoms with Gasteiger partial charge in [0.2, 0.25) is 0 Å². The second-order valence-corrected chi connectivity index (χ2v) is 8.56. The van der Waals surface area contributed by atoms with Gasteiger partial charge >= 0.3 is 0 Å². The van der Waals surface area contributed by atoms with Crippen LogP contribution in [0.25, 0.3) is 0 Å². The SMILES string of the molecule is O=S1(=O)CCN(CCC2CC3CCC(C2)N3)CC1. The average molecular weight is 272 g/mol. The maximum Gasteiger partial charge on any atom is 0.152 e. The third-order valence-electron chi connectivity index (χ3n) is 4.86. The van der Waals surface area contributed by atoms with Crippen LogP contribution in [-0.4, -0.2) is 56.5 Å². The molecule has 1 N–H and O–H groups in total. The van der Waals surface area contributed by atoms with Gasteiger partial charge in [-0.2, -0.15) is 0 Å². The van der Waals surface area contributed by atoms with Gasteiger partial charge in [0.1, 0.15) is 0 Å². The Morgan fingerprint density at radius 1 is 1.06 bits per heavy atom. The number of sulfone groups is 1. The van der Waals surface area contributed by atoms with E-state index in [9.17, 15) is 8.42 Å². The number of nitrogens with one attached hydrogen (secondary N) is 1. The molecule has 2 atom stereocenters. The van der Waals surface area contributed by atoms with E-state index >= 15 is 0 Å². The average Bonchev–Trinajstić information content (AvgIpc) is 2.67. The van der Waals surface area contributed by atoms with Crippen molar-refractivity contribution in [1.29, 1.82) is 0 Å². The molecule has 0 aromatic rings. The first-order valence-corrected chi connectivity index (χ1v) is 9.12. The zero-order chi connectivity index (χ0) is 12.6. The van der Waals surface area contributed by atoms with Gasteiger partial charge in [-0.05, 0) is 44.6 Å². The van der Waals surface area contributed by atoms with Gasteiger partial charge in [-0.25, -0.2) is 8.42 Å². The van der Waals surface area contributed by atoms with Crippen LogP contribution in [-0.2, 0) is 9.84 Å². The minimum absolute atomic E-state index is 0.366. The van der Waals surface area contributed by atoms with Crippen LogP contribution in [0.4, 0.5) is 0 Å². The zero-order valence-corrected chi connectivity index (χ0v) is 11.8. The Labute approximate surface area is 110 Å². The fraction of sp³-hybridized carbons (Fsp3) is 1.00. The molecule has 4 nitrogen and oxygen atoms in total. The van der Waals surface area contributed by atoms with Gasteiger partial charge in [0.25, 0.3) is 0 Å². The van der Waals surface area contributed by atoms with Gasteiger partial charge in [-0.3, -0.25) is 0 Å². The lowest BCUT2D eigenvalue weighted by molar-refractivity contribution is 0.228. The monoisotopic (exact) mass is 272 g/mol. The summed E-state index contributed by atoms with van der Waals surface area (Å²) in [6, 6.07) is 1.55. The van der Waals surface area contributed by atoms with E-state index in [1.807, 2.05) is 0 Å². The Bertz CT molecular complexity index is 370. The number of hydrogen-bond acceptors (Lipinski definition) is 4. The smallest absolute Gasteiger partial charge is 0.152 e. The molecule has 3 saturated heterocycles. The quantitative estimate of drug-likeness (QED) is 0.819. The molecule has 2 unspecified atom stereocenters. The van der Waals surface area contributed by atoms with Crippen LogP contribution in [0, 0.1) is 5.92 Å². The summed E-state index contributed by atoms with van der Waals surface area (Å²) in [6.07, 6.45) is 6.66. The van der Waals surface area contributed by atoms with Crippen LogP contribution in [0.2, 0.25) is 0 Å². The molecule has 0 amide bonds. The first kappa shape index (κ1) is 12.9. The van der Waals surface area contributed by atoms with Crippen molar-refractivity contribution in [3.05, 3.63) is 0 Å². The molecule has 0 spiro atoms. The molecule has 3 fully saturated rings. The van der Waals surface area contributed by atoms with Crippen molar-refractivity contribution >= 4 is 9.84 Å². The molecule has 18 heavy (non-hydrogen) atoms. The molecular formula is C13H24N2O2S. The van der Waals surface area contributed by atoms with Crippen LogP contribution < -0.4 is 5.32 Å². The topological polar surface area (TPSA) is 49.4 Å². The van der Waals surface area contributed by atoms with E-state index in [0.29, 0.717) is 11.5 Å². The van der Waals surface area contributed by atoms with E-state index in [4.69, 9.17) is 0 Å². The Kier molecular flexibility index (Phi) is 3.65. The van der Waals surface area contributed by atoms with Crippen molar-refractivity contribution in [3.8, 4) is 0 Å². The van der Waals surface area contributed by atoms with E-state index in [2.05, 4.69) is 10.2 Å². The van der Waals surface area contributed by atoms with Gasteiger partial charge in [-0.15, -0.1) is 0 Å². The van der Waals surface area contributed by atoms with E-state index in [1.165, 1.54) is 32.1 Å². The summed E-state index contributed by atoms with van der Waals surface area (Å²) in [5.74, 6) is 1.59. The predicted octanol–water partition coefficient (Wildman–Crippen LogP) is 0.638. The highest BCUT2D eigenvalue weighted by molar-refractivity contribution is 7.91. The molecule has 3 rings (SSSR count). The summed E-state index contributed by atoms with van der Waals surface area (Å²) in [5, 5.41) is 3.68. The van der Waals surface area contributed by atoms with E-state index < -0.39 is 9.84 Å². The van der Waals surface area contributed by atoms with Crippen molar-refractivity contribution in [2.24, 2.45) is 5.92 Å². The standard InChI is InChI=1S/C13H24N2O2S/c16-18(17)7-5-15(6-8-18)4-3-11-9-12-1-2-13(10-11)14-12/h11-14H,1-10H2.